The SMILES string of the molecule is CCC1(C2=CC=C(N(C3=CCCC=C3)c3ccccc3)CC2)Cc2cc3c(cc21)C(C)(C)c1cc2c(cc1-3)CC2(CC)c1cc(C)c(N(c2ccccc2)c2ccccc2)cc1C. The van der Waals surface area contributed by atoms with Crippen LogP contribution in [0.3, 0.4) is 0 Å². The molecule has 5 aliphatic rings. The van der Waals surface area contributed by atoms with Crippen molar-refractivity contribution in [2.75, 3.05) is 9.80 Å². The number of rotatable bonds is 10. The van der Waals surface area contributed by atoms with E-state index in [4.69, 9.17) is 0 Å². The van der Waals surface area contributed by atoms with Gasteiger partial charge in [0.15, 0.2) is 0 Å². The maximum absolute atomic E-state index is 2.66. The van der Waals surface area contributed by atoms with Gasteiger partial charge in [-0.15, -0.1) is 0 Å². The summed E-state index contributed by atoms with van der Waals surface area (Å²) in [7, 11) is 0. The molecule has 2 heteroatoms. The third kappa shape index (κ3) is 6.04. The van der Waals surface area contributed by atoms with Gasteiger partial charge in [-0.05, 0) is 181 Å². The molecule has 0 spiro atoms. The van der Waals surface area contributed by atoms with Crippen molar-refractivity contribution in [1.29, 1.82) is 0 Å². The Morgan fingerprint density at radius 1 is 0.524 bits per heavy atom. The van der Waals surface area contributed by atoms with Crippen molar-refractivity contribution >= 4 is 22.7 Å². The van der Waals surface area contributed by atoms with Crippen LogP contribution < -0.4 is 9.80 Å². The molecule has 0 saturated heterocycles. The van der Waals surface area contributed by atoms with E-state index in [1.807, 2.05) is 0 Å². The van der Waals surface area contributed by atoms with Crippen molar-refractivity contribution in [2.24, 2.45) is 0 Å². The Morgan fingerprint density at radius 2 is 1.08 bits per heavy atom. The molecular weight excluding hydrogens is 761 g/mol. The molecule has 0 aromatic heterocycles. The zero-order chi connectivity index (χ0) is 43.1. The van der Waals surface area contributed by atoms with Gasteiger partial charge in [0.1, 0.15) is 0 Å². The van der Waals surface area contributed by atoms with Crippen LogP contribution in [0.4, 0.5) is 22.7 Å². The summed E-state index contributed by atoms with van der Waals surface area (Å²) in [6.07, 6.45) is 20.8. The fourth-order valence-electron chi connectivity index (χ4n) is 12.5. The van der Waals surface area contributed by atoms with Crippen LogP contribution in [-0.2, 0) is 29.1 Å². The van der Waals surface area contributed by atoms with Crippen LogP contribution in [0.25, 0.3) is 11.1 Å². The van der Waals surface area contributed by atoms with E-state index in [0.717, 1.165) is 51.4 Å². The van der Waals surface area contributed by atoms with Gasteiger partial charge in [-0.1, -0.05) is 136 Å². The highest BCUT2D eigenvalue weighted by Gasteiger charge is 2.50. The first-order chi connectivity index (χ1) is 30.7. The number of hydrogen-bond acceptors (Lipinski definition) is 2. The molecule has 0 fully saturated rings. The van der Waals surface area contributed by atoms with Gasteiger partial charge in [0.05, 0.1) is 0 Å². The van der Waals surface area contributed by atoms with Crippen LogP contribution in [0.5, 0.6) is 0 Å². The number of para-hydroxylation sites is 3. The standard InChI is InChI=1S/C61H60N2/c1-7-60(45-29-31-50(32-30-45)62(46-21-13-9-14-22-46)47-23-15-10-16-24-47)39-43-35-51-52-36-44-40-61(8-2,55(44)38-57(52)59(5,6)56(51)37-54(43)60)53-33-42(4)58(34-41(53)3)63(48-25-17-11-18-26-48)49-27-19-12-20-28-49/h9,11-15,17-29,31,33-38H,7-8,10,16,30,32,39-40H2,1-6H3. The van der Waals surface area contributed by atoms with E-state index in [-0.39, 0.29) is 16.2 Å². The van der Waals surface area contributed by atoms with Gasteiger partial charge in [-0.2, -0.15) is 0 Å². The third-order valence-corrected chi connectivity index (χ3v) is 16.0. The molecule has 6 aromatic rings. The van der Waals surface area contributed by atoms with Crippen molar-refractivity contribution in [3.05, 3.63) is 225 Å². The zero-order valence-electron chi connectivity index (χ0n) is 38.1. The maximum atomic E-state index is 2.66. The summed E-state index contributed by atoms with van der Waals surface area (Å²) in [5.74, 6) is 0. The quantitative estimate of drug-likeness (QED) is 0.136. The second-order valence-electron chi connectivity index (χ2n) is 19.5. The molecule has 0 amide bonds. The number of aryl methyl sites for hydroxylation is 2. The summed E-state index contributed by atoms with van der Waals surface area (Å²) in [4.78, 5) is 4.91. The number of benzene rings is 6. The van der Waals surface area contributed by atoms with Gasteiger partial charge in [0.2, 0.25) is 0 Å². The molecule has 2 nitrogen and oxygen atoms in total. The Balaban J connectivity index is 0.924. The summed E-state index contributed by atoms with van der Waals surface area (Å²) in [5.41, 5.74) is 25.5. The van der Waals surface area contributed by atoms with Gasteiger partial charge in [-0.25, -0.2) is 0 Å². The van der Waals surface area contributed by atoms with Crippen LogP contribution >= 0.6 is 0 Å². The third-order valence-electron chi connectivity index (χ3n) is 16.0. The topological polar surface area (TPSA) is 6.48 Å². The van der Waals surface area contributed by atoms with Crippen LogP contribution in [0.2, 0.25) is 0 Å². The monoisotopic (exact) mass is 820 g/mol. The zero-order valence-corrected chi connectivity index (χ0v) is 38.1. The Labute approximate surface area is 376 Å². The molecule has 0 heterocycles. The lowest BCUT2D eigenvalue weighted by Gasteiger charge is -2.48. The van der Waals surface area contributed by atoms with E-state index < -0.39 is 0 Å². The Morgan fingerprint density at radius 3 is 1.60 bits per heavy atom. The minimum absolute atomic E-state index is 0.00822. The molecule has 0 saturated carbocycles. The van der Waals surface area contributed by atoms with Crippen molar-refractivity contribution < 1.29 is 0 Å². The molecule has 0 aliphatic heterocycles. The Kier molecular flexibility index (Phi) is 9.46. The predicted octanol–water partition coefficient (Wildman–Crippen LogP) is 15.9. The van der Waals surface area contributed by atoms with Crippen molar-refractivity contribution in [2.45, 2.75) is 109 Å². The number of hydrogen-bond donors (Lipinski definition) is 0. The first-order valence-corrected chi connectivity index (χ1v) is 23.7. The fraction of sp³-hybridized carbons (Fsp3) is 0.279. The van der Waals surface area contributed by atoms with Crippen LogP contribution in [0.15, 0.2) is 175 Å². The molecule has 2 atom stereocenters. The lowest BCUT2D eigenvalue weighted by Crippen LogP contribution is -2.41. The fourth-order valence-corrected chi connectivity index (χ4v) is 12.5. The highest BCUT2D eigenvalue weighted by atomic mass is 15.2. The van der Waals surface area contributed by atoms with Gasteiger partial charge >= 0.3 is 0 Å². The van der Waals surface area contributed by atoms with Gasteiger partial charge in [-0.3, -0.25) is 0 Å². The highest BCUT2D eigenvalue weighted by Crippen LogP contribution is 2.60. The van der Waals surface area contributed by atoms with Crippen LogP contribution in [0.1, 0.15) is 116 Å². The minimum Gasteiger partial charge on any atom is -0.315 e. The largest absolute Gasteiger partial charge is 0.315 e. The molecule has 314 valence electrons. The average Bonchev–Trinajstić information content (AvgIpc) is 3.52. The van der Waals surface area contributed by atoms with E-state index in [1.54, 1.807) is 22.3 Å². The first-order valence-electron chi connectivity index (χ1n) is 23.7. The van der Waals surface area contributed by atoms with E-state index >= 15 is 0 Å². The summed E-state index contributed by atoms with van der Waals surface area (Å²) in [6.45, 7) is 14.5. The number of nitrogens with zero attached hydrogens (tertiary/aromatic N) is 2. The van der Waals surface area contributed by atoms with Crippen LogP contribution in [0, 0.1) is 13.8 Å². The van der Waals surface area contributed by atoms with Crippen LogP contribution in [-0.4, -0.2) is 0 Å². The normalized spacial score (nSPS) is 21.1. The van der Waals surface area contributed by atoms with E-state index in [9.17, 15) is 0 Å². The predicted molar refractivity (Wildman–Crippen MR) is 266 cm³/mol. The summed E-state index contributed by atoms with van der Waals surface area (Å²) >= 11 is 0. The lowest BCUT2D eigenvalue weighted by atomic mass is 9.56. The molecular formula is C61H60N2. The minimum atomic E-state index is -0.0784. The molecule has 11 rings (SSSR count). The van der Waals surface area contributed by atoms with Crippen molar-refractivity contribution in [1.82, 2.24) is 0 Å². The maximum Gasteiger partial charge on any atom is 0.0493 e. The first kappa shape index (κ1) is 39.7. The van der Waals surface area contributed by atoms with E-state index in [2.05, 4.69) is 209 Å². The Hall–Kier alpha value is -6.12. The number of allylic oxidation sites excluding steroid dienone is 7. The number of anilines is 4. The highest BCUT2D eigenvalue weighted by molar-refractivity contribution is 5.86. The Bertz CT molecular complexity index is 2870. The van der Waals surface area contributed by atoms with Crippen molar-refractivity contribution in [3.8, 4) is 11.1 Å². The molecule has 0 N–H and O–H groups in total. The average molecular weight is 821 g/mol. The van der Waals surface area contributed by atoms with E-state index in [1.165, 1.54) is 78.7 Å². The molecule has 2 unspecified atom stereocenters. The van der Waals surface area contributed by atoms with E-state index in [0.29, 0.717) is 0 Å². The molecule has 0 bridgehead atoms. The van der Waals surface area contributed by atoms with Gasteiger partial charge in [0, 0.05) is 50.4 Å². The lowest BCUT2D eigenvalue weighted by molar-refractivity contribution is 0.406. The summed E-state index contributed by atoms with van der Waals surface area (Å²) in [5, 5.41) is 0. The number of fused-ring (bicyclic) bond motifs is 5. The summed E-state index contributed by atoms with van der Waals surface area (Å²) < 4.78 is 0. The second-order valence-corrected chi connectivity index (χ2v) is 19.5. The molecule has 63 heavy (non-hydrogen) atoms. The smallest absolute Gasteiger partial charge is 0.0493 e. The van der Waals surface area contributed by atoms with Gasteiger partial charge < -0.3 is 9.80 Å². The van der Waals surface area contributed by atoms with Crippen molar-refractivity contribution in [3.63, 3.8) is 0 Å². The molecule has 0 radical (unpaired) electrons. The second kappa shape index (κ2) is 15.0. The molecule has 6 aromatic carbocycles. The molecule has 5 aliphatic carbocycles. The summed E-state index contributed by atoms with van der Waals surface area (Å²) in [6, 6.07) is 48.1. The van der Waals surface area contributed by atoms with Gasteiger partial charge in [0.25, 0.3) is 0 Å².